The van der Waals surface area contributed by atoms with Crippen molar-refractivity contribution in [3.63, 3.8) is 0 Å². The van der Waals surface area contributed by atoms with E-state index in [9.17, 15) is 14.4 Å². The molecule has 0 saturated heterocycles. The number of carbonyl (C=O) groups excluding carboxylic acids is 3. The number of hydrogen-bond donors (Lipinski definition) is 3. The summed E-state index contributed by atoms with van der Waals surface area (Å²) in [5.74, 6) is -0.845. The lowest BCUT2D eigenvalue weighted by Crippen LogP contribution is -2.47. The predicted molar refractivity (Wildman–Crippen MR) is 137 cm³/mol. The van der Waals surface area contributed by atoms with Crippen LogP contribution in [0.2, 0.25) is 0 Å². The van der Waals surface area contributed by atoms with E-state index in [-0.39, 0.29) is 41.4 Å². The van der Waals surface area contributed by atoms with Crippen LogP contribution < -0.4 is 31.0 Å². The molecule has 13 heteroatoms. The Bertz CT molecular complexity index is 1110. The summed E-state index contributed by atoms with van der Waals surface area (Å²) in [7, 11) is 5.89. The minimum absolute atomic E-state index is 0.00369. The van der Waals surface area contributed by atoms with E-state index in [0.717, 1.165) is 37.2 Å². The van der Waals surface area contributed by atoms with Gasteiger partial charge in [0.05, 0.1) is 33.6 Å². The molecule has 1 aromatic heterocycles. The molecule has 1 aromatic carbocycles. The Morgan fingerprint density at radius 3 is 2.22 bits per heavy atom. The number of benzene rings is 1. The van der Waals surface area contributed by atoms with Crippen molar-refractivity contribution in [1.82, 2.24) is 14.6 Å². The third kappa shape index (κ3) is 6.05. The molecule has 5 N–H and O–H groups in total. The number of nitrogens with two attached hydrogens (primary N) is 2. The van der Waals surface area contributed by atoms with Crippen molar-refractivity contribution in [3.8, 4) is 17.2 Å². The first kappa shape index (κ1) is 28.0. The lowest BCUT2D eigenvalue weighted by Gasteiger charge is -2.32. The molecule has 0 bridgehead atoms. The second-order valence-corrected chi connectivity index (χ2v) is 9.25. The lowest BCUT2D eigenvalue weighted by molar-refractivity contribution is -0.126. The molecule has 1 aliphatic carbocycles. The quantitative estimate of drug-likeness (QED) is 0.366. The van der Waals surface area contributed by atoms with Gasteiger partial charge in [-0.05, 0) is 42.1 Å². The second kappa shape index (κ2) is 12.6. The molecule has 0 radical (unpaired) electrons. The molecule has 0 spiro atoms. The highest BCUT2D eigenvalue weighted by Crippen LogP contribution is 2.41. The molecule has 202 valence electrons. The number of hydrogen-bond acceptors (Lipinski definition) is 10. The fourth-order valence-electron chi connectivity index (χ4n) is 4.38. The van der Waals surface area contributed by atoms with E-state index in [4.69, 9.17) is 30.4 Å². The standard InChI is InChI=1S/C24H33N5O7S/c1-33-10-9-29(24(32)21-17(25)18(22(26)30)28-37-21)19(23(31)27-14-7-5-6-8-14)13-11-15(34-2)20(36-4)16(12-13)35-3/h11-12,14,19H,5-10,25H2,1-4H3,(H2,26,30)(H,27,31)/t19-/m1/s1. The zero-order chi connectivity index (χ0) is 27.1. The van der Waals surface area contributed by atoms with Crippen molar-refractivity contribution in [1.29, 1.82) is 0 Å². The second-order valence-electron chi connectivity index (χ2n) is 8.48. The Balaban J connectivity index is 2.15. The maximum atomic E-state index is 13.8. The lowest BCUT2D eigenvalue weighted by atomic mass is 10.0. The molecule has 3 amide bonds. The molecule has 0 aliphatic heterocycles. The average molecular weight is 536 g/mol. The minimum atomic E-state index is -1.12. The SMILES string of the molecule is COCCN(C(=O)c1snc(C(N)=O)c1N)[C@@H](C(=O)NC1CCCC1)c1cc(OC)c(OC)c(OC)c1. The third-order valence-corrected chi connectivity index (χ3v) is 7.07. The molecule has 1 atom stereocenters. The van der Waals surface area contributed by atoms with E-state index in [1.54, 1.807) is 12.1 Å². The number of carbonyl (C=O) groups is 3. The first-order valence-corrected chi connectivity index (χ1v) is 12.5. The van der Waals surface area contributed by atoms with Gasteiger partial charge in [0.2, 0.25) is 11.7 Å². The maximum Gasteiger partial charge on any atom is 0.270 e. The topological polar surface area (TPSA) is 168 Å². The Labute approximate surface area is 219 Å². The first-order chi connectivity index (χ1) is 17.8. The number of rotatable bonds is 12. The highest BCUT2D eigenvalue weighted by molar-refractivity contribution is 7.09. The normalized spacial score (nSPS) is 14.2. The first-order valence-electron chi connectivity index (χ1n) is 11.7. The van der Waals surface area contributed by atoms with Crippen LogP contribution in [0.15, 0.2) is 12.1 Å². The van der Waals surface area contributed by atoms with Gasteiger partial charge in [-0.15, -0.1) is 0 Å². The molecule has 37 heavy (non-hydrogen) atoms. The largest absolute Gasteiger partial charge is 0.493 e. The van der Waals surface area contributed by atoms with Gasteiger partial charge in [0.15, 0.2) is 17.2 Å². The van der Waals surface area contributed by atoms with Gasteiger partial charge in [0.25, 0.3) is 11.8 Å². The van der Waals surface area contributed by atoms with Gasteiger partial charge in [0, 0.05) is 19.7 Å². The van der Waals surface area contributed by atoms with Gasteiger partial charge in [0.1, 0.15) is 10.9 Å². The summed E-state index contributed by atoms with van der Waals surface area (Å²) in [6, 6.07) is 2.12. The summed E-state index contributed by atoms with van der Waals surface area (Å²) in [5, 5.41) is 3.08. The number of nitrogen functional groups attached to an aromatic ring is 1. The van der Waals surface area contributed by atoms with E-state index in [0.29, 0.717) is 22.8 Å². The van der Waals surface area contributed by atoms with Crippen LogP contribution in [0.4, 0.5) is 5.69 Å². The van der Waals surface area contributed by atoms with Crippen molar-refractivity contribution in [2.45, 2.75) is 37.8 Å². The Kier molecular flexibility index (Phi) is 9.53. The van der Waals surface area contributed by atoms with Gasteiger partial charge in [-0.25, -0.2) is 0 Å². The summed E-state index contributed by atoms with van der Waals surface area (Å²) >= 11 is 0.744. The monoisotopic (exact) mass is 535 g/mol. The maximum absolute atomic E-state index is 13.8. The predicted octanol–water partition coefficient (Wildman–Crippen LogP) is 1.74. The smallest absolute Gasteiger partial charge is 0.270 e. The van der Waals surface area contributed by atoms with Crippen molar-refractivity contribution in [3.05, 3.63) is 28.3 Å². The number of nitrogens with one attached hydrogen (secondary N) is 1. The van der Waals surface area contributed by atoms with Crippen molar-refractivity contribution in [2.75, 3.05) is 47.3 Å². The van der Waals surface area contributed by atoms with E-state index < -0.39 is 17.9 Å². The Hall–Kier alpha value is -3.58. The van der Waals surface area contributed by atoms with Crippen LogP contribution in [0.1, 0.15) is 57.4 Å². The molecular formula is C24H33N5O7S. The summed E-state index contributed by atoms with van der Waals surface area (Å²) in [5.41, 5.74) is 11.5. The number of nitrogens with zero attached hydrogens (tertiary/aromatic N) is 2. The fourth-order valence-corrected chi connectivity index (χ4v) is 5.14. The molecule has 2 aromatic rings. The number of aromatic nitrogens is 1. The van der Waals surface area contributed by atoms with Crippen LogP contribution in [0.3, 0.4) is 0 Å². The van der Waals surface area contributed by atoms with Crippen LogP contribution in [-0.2, 0) is 9.53 Å². The highest BCUT2D eigenvalue weighted by atomic mass is 32.1. The molecule has 1 saturated carbocycles. The zero-order valence-electron chi connectivity index (χ0n) is 21.4. The zero-order valence-corrected chi connectivity index (χ0v) is 22.2. The fraction of sp³-hybridized carbons (Fsp3) is 0.500. The highest BCUT2D eigenvalue weighted by Gasteiger charge is 2.37. The summed E-state index contributed by atoms with van der Waals surface area (Å²) in [6.07, 6.45) is 3.73. The van der Waals surface area contributed by atoms with Crippen LogP contribution in [0.25, 0.3) is 0 Å². The van der Waals surface area contributed by atoms with E-state index in [1.165, 1.54) is 33.3 Å². The van der Waals surface area contributed by atoms with Gasteiger partial charge in [-0.2, -0.15) is 4.37 Å². The molecule has 0 unspecified atom stereocenters. The number of methoxy groups -OCH3 is 4. The molecule has 1 aliphatic rings. The number of anilines is 1. The van der Waals surface area contributed by atoms with Crippen molar-refractivity contribution < 1.29 is 33.3 Å². The molecule has 12 nitrogen and oxygen atoms in total. The Morgan fingerprint density at radius 2 is 1.73 bits per heavy atom. The van der Waals surface area contributed by atoms with E-state index in [2.05, 4.69) is 9.69 Å². The summed E-state index contributed by atoms with van der Waals surface area (Å²) in [4.78, 5) is 40.7. The summed E-state index contributed by atoms with van der Waals surface area (Å²) in [6.45, 7) is 0.169. The summed E-state index contributed by atoms with van der Waals surface area (Å²) < 4.78 is 25.6. The van der Waals surface area contributed by atoms with Crippen LogP contribution >= 0.6 is 11.5 Å². The van der Waals surface area contributed by atoms with Crippen molar-refractivity contribution in [2.24, 2.45) is 5.73 Å². The minimum Gasteiger partial charge on any atom is -0.493 e. The number of primary amides is 1. The molecule has 1 heterocycles. The number of amides is 3. The van der Waals surface area contributed by atoms with E-state index >= 15 is 0 Å². The van der Waals surface area contributed by atoms with Gasteiger partial charge in [-0.1, -0.05) is 12.8 Å². The molecule has 3 rings (SSSR count). The molecule has 1 fully saturated rings. The Morgan fingerprint density at radius 1 is 1.11 bits per heavy atom. The average Bonchev–Trinajstić information content (AvgIpc) is 3.54. The van der Waals surface area contributed by atoms with Crippen LogP contribution in [0.5, 0.6) is 17.2 Å². The molecular weight excluding hydrogens is 502 g/mol. The van der Waals surface area contributed by atoms with Gasteiger partial charge < -0.3 is 40.6 Å². The van der Waals surface area contributed by atoms with E-state index in [1.807, 2.05) is 0 Å². The van der Waals surface area contributed by atoms with Crippen molar-refractivity contribution >= 4 is 34.9 Å². The third-order valence-electron chi connectivity index (χ3n) is 6.22. The number of ether oxygens (including phenoxy) is 4. The van der Waals surface area contributed by atoms with Crippen LogP contribution in [-0.4, -0.2) is 74.6 Å². The van der Waals surface area contributed by atoms with Crippen LogP contribution in [0, 0.1) is 0 Å². The van der Waals surface area contributed by atoms with Gasteiger partial charge in [-0.3, -0.25) is 14.4 Å². The van der Waals surface area contributed by atoms with Gasteiger partial charge >= 0.3 is 0 Å².